The lowest BCUT2D eigenvalue weighted by Gasteiger charge is -2.02. The molecule has 9 heteroatoms. The summed E-state index contributed by atoms with van der Waals surface area (Å²) in [6.45, 7) is 0. The normalized spacial score (nSPS) is 10.2. The number of nitrogens with two attached hydrogens (primary N) is 1. The molecule has 0 bridgehead atoms. The first kappa shape index (κ1) is 17.5. The monoisotopic (exact) mass is 342 g/mol. The smallest absolute Gasteiger partial charge is 0.134 e. The van der Waals surface area contributed by atoms with E-state index in [0.29, 0.717) is 5.71 Å². The Bertz CT molecular complexity index is 635. The van der Waals surface area contributed by atoms with Crippen LogP contribution in [0.25, 0.3) is 0 Å². The van der Waals surface area contributed by atoms with Crippen LogP contribution in [0.3, 0.4) is 0 Å². The molecule has 0 unspecified atom stereocenters. The summed E-state index contributed by atoms with van der Waals surface area (Å²) >= 11 is 8.44. The molecule has 2 aromatic rings. The molecule has 0 saturated heterocycles. The zero-order valence-electron chi connectivity index (χ0n) is 11.1. The van der Waals surface area contributed by atoms with Crippen LogP contribution < -0.4 is 5.84 Å². The quantitative estimate of drug-likeness (QED) is 0.493. The first-order valence-corrected chi connectivity index (χ1v) is 8.98. The Morgan fingerprint density at radius 2 is 1.57 bits per heavy atom. The van der Waals surface area contributed by atoms with Crippen molar-refractivity contribution in [2.75, 3.05) is 7.11 Å². The maximum Gasteiger partial charge on any atom is 0.134 e. The minimum absolute atomic E-state index is 0.594. The molecule has 2 heterocycles. The van der Waals surface area contributed by atoms with Crippen molar-refractivity contribution in [2.24, 2.45) is 10.9 Å². The molecule has 3 N–H and O–H groups in total. The van der Waals surface area contributed by atoms with E-state index in [1.165, 1.54) is 7.11 Å². The Morgan fingerprint density at radius 3 is 1.81 bits per heavy atom. The molecule has 6 nitrogen and oxygen atoms in total. The van der Waals surface area contributed by atoms with Gasteiger partial charge in [0.25, 0.3) is 0 Å². The molecule has 2 rings (SSSR count). The predicted octanol–water partition coefficient (Wildman–Crippen LogP) is 1.29. The fourth-order valence-electron chi connectivity index (χ4n) is 1.27. The van der Waals surface area contributed by atoms with Gasteiger partial charge in [-0.1, -0.05) is 12.1 Å². The summed E-state index contributed by atoms with van der Waals surface area (Å²) in [5, 5.41) is 3.72. The molecule has 0 radical (unpaired) electrons. The SMILES string of the molecule is COS(O)(=S)=S.NN=C(c1ccccn1)c1ccccn1. The van der Waals surface area contributed by atoms with E-state index in [1.54, 1.807) is 12.4 Å². The number of nitrogens with zero attached hydrogens (tertiary/aromatic N) is 3. The summed E-state index contributed by atoms with van der Waals surface area (Å²) in [4.78, 5) is 8.35. The summed E-state index contributed by atoms with van der Waals surface area (Å²) < 4.78 is 12.5. The molecule has 0 aliphatic carbocycles. The molecule has 112 valence electrons. The highest BCUT2D eigenvalue weighted by Gasteiger charge is 2.07. The lowest BCUT2D eigenvalue weighted by atomic mass is 10.1. The van der Waals surface area contributed by atoms with Crippen LogP contribution in [0, 0.1) is 0 Å². The number of hydrogen-bond acceptors (Lipinski definition) is 7. The van der Waals surface area contributed by atoms with Gasteiger partial charge < -0.3 is 10.4 Å². The second kappa shape index (κ2) is 8.70. The highest BCUT2D eigenvalue weighted by Crippen LogP contribution is 2.04. The van der Waals surface area contributed by atoms with Crippen LogP contribution in [-0.4, -0.2) is 27.3 Å². The molecule has 0 amide bonds. The van der Waals surface area contributed by atoms with Crippen molar-refractivity contribution in [3.63, 3.8) is 0 Å². The van der Waals surface area contributed by atoms with Gasteiger partial charge in [0.1, 0.15) is 13.4 Å². The lowest BCUT2D eigenvalue weighted by Crippen LogP contribution is -2.09. The van der Waals surface area contributed by atoms with Crippen LogP contribution in [0.4, 0.5) is 0 Å². The summed E-state index contributed by atoms with van der Waals surface area (Å²) in [7, 11) is -1.21. The summed E-state index contributed by atoms with van der Waals surface area (Å²) in [5.74, 6) is 5.34. The Hall–Kier alpha value is -1.52. The summed E-state index contributed by atoms with van der Waals surface area (Å²) in [6, 6.07) is 11.2. The van der Waals surface area contributed by atoms with Gasteiger partial charge in [0, 0.05) is 34.8 Å². The van der Waals surface area contributed by atoms with E-state index in [-0.39, 0.29) is 0 Å². The number of hydrazone groups is 1. The van der Waals surface area contributed by atoms with Gasteiger partial charge in [-0.05, 0) is 24.3 Å². The molecule has 0 aliphatic heterocycles. The van der Waals surface area contributed by atoms with Crippen molar-refractivity contribution < 1.29 is 8.74 Å². The maximum atomic E-state index is 8.32. The number of pyridine rings is 2. The van der Waals surface area contributed by atoms with Gasteiger partial charge in [-0.25, -0.2) is 0 Å². The third kappa shape index (κ3) is 6.65. The third-order valence-electron chi connectivity index (χ3n) is 2.15. The molecule has 0 aliphatic rings. The van der Waals surface area contributed by atoms with Gasteiger partial charge >= 0.3 is 0 Å². The van der Waals surface area contributed by atoms with E-state index in [0.717, 1.165) is 11.4 Å². The second-order valence-corrected chi connectivity index (χ2v) is 8.03. The first-order chi connectivity index (χ1) is 9.98. The first-order valence-electron chi connectivity index (χ1n) is 5.61. The molecule has 0 spiro atoms. The minimum atomic E-state index is -2.50. The lowest BCUT2D eigenvalue weighted by molar-refractivity contribution is 0.424. The Morgan fingerprint density at radius 1 is 1.14 bits per heavy atom. The van der Waals surface area contributed by atoms with Crippen LogP contribution >= 0.6 is 0 Å². The van der Waals surface area contributed by atoms with Gasteiger partial charge in [0.2, 0.25) is 0 Å². The van der Waals surface area contributed by atoms with Crippen molar-refractivity contribution >= 4 is 35.8 Å². The van der Waals surface area contributed by atoms with Crippen LogP contribution in [0.5, 0.6) is 0 Å². The van der Waals surface area contributed by atoms with Gasteiger partial charge in [-0.3, -0.25) is 14.2 Å². The second-order valence-electron chi connectivity index (χ2n) is 3.50. The van der Waals surface area contributed by atoms with Crippen molar-refractivity contribution in [3.05, 3.63) is 60.2 Å². The van der Waals surface area contributed by atoms with E-state index in [9.17, 15) is 0 Å². The average molecular weight is 342 g/mol. The zero-order chi connectivity index (χ0) is 15.7. The summed E-state index contributed by atoms with van der Waals surface area (Å²) in [5.41, 5.74) is 2.04. The standard InChI is InChI=1S/C11H10N4.CH4O2S3/c12-15-11(9-5-1-3-7-13-9)10-6-2-4-8-14-10;1-3-6(2,4)5/h1-8H,12H2;1H3,(H,2,4,5). The van der Waals surface area contributed by atoms with E-state index in [2.05, 4.69) is 41.6 Å². The largest absolute Gasteiger partial charge is 0.323 e. The third-order valence-corrected chi connectivity index (χ3v) is 3.39. The van der Waals surface area contributed by atoms with Crippen molar-refractivity contribution in [1.29, 1.82) is 0 Å². The maximum absolute atomic E-state index is 8.32. The fourth-order valence-corrected chi connectivity index (χ4v) is 1.27. The molecule has 2 aromatic heterocycles. The average Bonchev–Trinajstić information content (AvgIpc) is 2.50. The topological polar surface area (TPSA) is 93.6 Å². The number of hydrogen-bond donors (Lipinski definition) is 2. The highest BCUT2D eigenvalue weighted by molar-refractivity contribution is 8.51. The molecule has 0 atom stereocenters. The fraction of sp³-hybridized carbons (Fsp3) is 0.0833. The van der Waals surface area contributed by atoms with Gasteiger partial charge in [0.05, 0.1) is 18.5 Å². The van der Waals surface area contributed by atoms with E-state index in [1.807, 2.05) is 36.4 Å². The highest BCUT2D eigenvalue weighted by atomic mass is 33.1. The van der Waals surface area contributed by atoms with Crippen LogP contribution in [0.15, 0.2) is 53.9 Å². The Kier molecular flexibility index (Phi) is 7.26. The molecular weight excluding hydrogens is 328 g/mol. The van der Waals surface area contributed by atoms with Crippen molar-refractivity contribution in [1.82, 2.24) is 9.97 Å². The van der Waals surface area contributed by atoms with E-state index >= 15 is 0 Å². The number of rotatable bonds is 3. The minimum Gasteiger partial charge on any atom is -0.323 e. The van der Waals surface area contributed by atoms with E-state index < -0.39 is 7.71 Å². The van der Waals surface area contributed by atoms with Crippen molar-refractivity contribution in [3.8, 4) is 0 Å². The number of aromatic nitrogens is 2. The van der Waals surface area contributed by atoms with Crippen LogP contribution in [0.2, 0.25) is 0 Å². The molecular formula is C12H14N4O2S3. The predicted molar refractivity (Wildman–Crippen MR) is 90.0 cm³/mol. The van der Waals surface area contributed by atoms with Crippen LogP contribution in [-0.2, 0) is 34.3 Å². The molecule has 0 aromatic carbocycles. The zero-order valence-corrected chi connectivity index (χ0v) is 13.6. The summed E-state index contributed by atoms with van der Waals surface area (Å²) in [6.07, 6.45) is 3.40. The van der Waals surface area contributed by atoms with Crippen molar-refractivity contribution in [2.45, 2.75) is 0 Å². The van der Waals surface area contributed by atoms with Gasteiger partial charge in [0.15, 0.2) is 0 Å². The van der Waals surface area contributed by atoms with E-state index in [4.69, 9.17) is 10.4 Å². The van der Waals surface area contributed by atoms with Gasteiger partial charge in [-0.2, -0.15) is 5.10 Å². The molecule has 21 heavy (non-hydrogen) atoms. The molecule has 0 saturated carbocycles. The Balaban J connectivity index is 0.000000315. The van der Waals surface area contributed by atoms with Gasteiger partial charge in [-0.15, -0.1) is 0 Å². The van der Waals surface area contributed by atoms with Crippen LogP contribution in [0.1, 0.15) is 11.4 Å². The Labute approximate surface area is 132 Å². The molecule has 0 fully saturated rings.